The number of nitrogens with one attached hydrogen (secondary N) is 2. The van der Waals surface area contributed by atoms with Gasteiger partial charge in [0.2, 0.25) is 0 Å². The van der Waals surface area contributed by atoms with E-state index in [4.69, 9.17) is 14.0 Å². The van der Waals surface area contributed by atoms with Crippen LogP contribution in [0.2, 0.25) is 0 Å². The van der Waals surface area contributed by atoms with Crippen LogP contribution in [0.15, 0.2) is 24.7 Å². The summed E-state index contributed by atoms with van der Waals surface area (Å²) in [5, 5.41) is 15.4. The van der Waals surface area contributed by atoms with E-state index in [-0.39, 0.29) is 19.4 Å². The van der Waals surface area contributed by atoms with Crippen LogP contribution in [-0.2, 0) is 28.2 Å². The van der Waals surface area contributed by atoms with Gasteiger partial charge in [-0.1, -0.05) is 14.0 Å². The van der Waals surface area contributed by atoms with Gasteiger partial charge in [-0.05, 0) is 27.7 Å². The van der Waals surface area contributed by atoms with E-state index >= 15 is 4.39 Å². The highest BCUT2D eigenvalue weighted by Gasteiger charge is 2.57. The van der Waals surface area contributed by atoms with Crippen molar-refractivity contribution in [2.75, 3.05) is 13.3 Å². The molecule has 0 radical (unpaired) electrons. The normalized spacial score (nSPS) is 31.1. The molecule has 2 heterocycles. The van der Waals surface area contributed by atoms with E-state index in [1.165, 1.54) is 30.8 Å². The molecule has 2 aliphatic rings. The Morgan fingerprint density at radius 3 is 2.68 bits per heavy atom. The number of amides is 1. The van der Waals surface area contributed by atoms with Crippen molar-refractivity contribution >= 4 is 19.4 Å². The van der Waals surface area contributed by atoms with E-state index in [1.54, 1.807) is 13.8 Å². The number of aliphatic hydroxyl groups is 1. The Kier molecular flexibility index (Phi) is 8.99. The van der Waals surface area contributed by atoms with Crippen LogP contribution in [0.25, 0.3) is 0 Å². The van der Waals surface area contributed by atoms with Crippen LogP contribution in [0, 0.1) is 0 Å². The van der Waals surface area contributed by atoms with Crippen LogP contribution in [-0.4, -0.2) is 71.4 Å². The van der Waals surface area contributed by atoms with Crippen molar-refractivity contribution in [3.05, 3.63) is 24.7 Å². The molecule has 0 spiro atoms. The number of alkyl halides is 1. The molecule has 0 unspecified atom stereocenters. The van der Waals surface area contributed by atoms with Crippen molar-refractivity contribution in [2.45, 2.75) is 71.4 Å². The van der Waals surface area contributed by atoms with Crippen molar-refractivity contribution in [1.82, 2.24) is 15.3 Å². The van der Waals surface area contributed by atoms with Crippen LogP contribution in [0.4, 0.5) is 4.39 Å². The number of nitrogens with zero attached hydrogens (tertiary/aromatic N) is 1. The number of carbonyl (C=O) groups is 2. The molecule has 0 aliphatic carbocycles. The average Bonchev–Trinajstić information content (AvgIpc) is 2.82. The Hall–Kier alpha value is -1.78. The molecule has 31 heavy (non-hydrogen) atoms. The Morgan fingerprint density at radius 2 is 2.13 bits per heavy atom. The molecule has 6 atom stereocenters. The molecule has 10 nitrogen and oxygen atoms in total. The van der Waals surface area contributed by atoms with Gasteiger partial charge in [0, 0.05) is 18.9 Å². The number of hydrogen-bond donors (Lipinski definition) is 3. The van der Waals surface area contributed by atoms with Gasteiger partial charge >= 0.3 is 5.97 Å². The van der Waals surface area contributed by atoms with E-state index in [0.29, 0.717) is 0 Å². The number of rotatable bonds is 8. The Bertz CT molecular complexity index is 774. The van der Waals surface area contributed by atoms with Crippen LogP contribution in [0.3, 0.4) is 0 Å². The van der Waals surface area contributed by atoms with Crippen molar-refractivity contribution in [2.24, 2.45) is 0 Å². The third-order valence-corrected chi connectivity index (χ3v) is 6.05. The molecule has 1 amide bonds. The summed E-state index contributed by atoms with van der Waals surface area (Å²) in [6, 6.07) is -0.901. The van der Waals surface area contributed by atoms with Crippen LogP contribution >= 0.6 is 7.52 Å². The van der Waals surface area contributed by atoms with Gasteiger partial charge in [-0.15, -0.1) is 0 Å². The average molecular weight is 465 g/mol. The fraction of sp³-hybridized carbons (Fsp3) is 0.684. The fourth-order valence-corrected chi connectivity index (χ4v) is 4.36. The fourth-order valence-electron chi connectivity index (χ4n) is 3.05. The zero-order valence-electron chi connectivity index (χ0n) is 17.6. The lowest BCUT2D eigenvalue weighted by Gasteiger charge is -2.35. The van der Waals surface area contributed by atoms with E-state index < -0.39 is 56.1 Å². The van der Waals surface area contributed by atoms with Crippen LogP contribution in [0.1, 0.15) is 35.1 Å². The Morgan fingerprint density at radius 1 is 1.52 bits per heavy atom. The summed E-state index contributed by atoms with van der Waals surface area (Å²) in [7, 11) is -3.51. The first-order chi connectivity index (χ1) is 13.7. The number of aliphatic hydroxyl groups excluding tert-OH is 1. The third kappa shape index (κ3) is 6.60. The van der Waals surface area contributed by atoms with Gasteiger partial charge in [0.1, 0.15) is 24.1 Å². The highest BCUT2D eigenvalue weighted by Crippen LogP contribution is 2.42. The summed E-state index contributed by atoms with van der Waals surface area (Å²) >= 11 is 0. The maximum absolute atomic E-state index is 15.2. The molecule has 1 saturated heterocycles. The summed E-state index contributed by atoms with van der Waals surface area (Å²) in [6.45, 7) is 10.5. The van der Waals surface area contributed by atoms with Gasteiger partial charge in [0.25, 0.3) is 13.4 Å². The molecule has 1 fully saturated rings. The second kappa shape index (κ2) is 10.2. The minimum atomic E-state index is -3.51. The Balaban J connectivity index is 0.00000480. The molecule has 12 heteroatoms. The van der Waals surface area contributed by atoms with Crippen molar-refractivity contribution in [1.29, 1.82) is 0 Å². The molecule has 2 aliphatic heterocycles. The van der Waals surface area contributed by atoms with Gasteiger partial charge in [0.15, 0.2) is 11.9 Å². The van der Waals surface area contributed by atoms with E-state index in [0.717, 1.165) is 6.92 Å². The molecule has 0 aromatic heterocycles. The molecular weight excluding hydrogens is 432 g/mol. The van der Waals surface area contributed by atoms with Gasteiger partial charge in [0.05, 0.1) is 12.7 Å². The molecule has 2 rings (SSSR count). The number of halogens is 1. The predicted octanol–water partition coefficient (Wildman–Crippen LogP) is 1.62. The predicted molar refractivity (Wildman–Crippen MR) is 112 cm³/mol. The van der Waals surface area contributed by atoms with Gasteiger partial charge in [-0.3, -0.25) is 14.2 Å². The highest BCUT2D eigenvalue weighted by atomic mass is 31.2. The minimum absolute atomic E-state index is 0. The minimum Gasteiger partial charge on any atom is -0.462 e. The van der Waals surface area contributed by atoms with Crippen molar-refractivity contribution in [3.63, 3.8) is 0 Å². The van der Waals surface area contributed by atoms with E-state index in [9.17, 15) is 19.3 Å². The van der Waals surface area contributed by atoms with Gasteiger partial charge in [-0.25, -0.2) is 9.48 Å². The molecule has 0 aromatic rings. The second-order valence-corrected chi connectivity index (χ2v) is 9.97. The SMILES string of the molecule is C.C=C1NC(=O)C=CN1[C@@H]1O[C@H](CO[P@@](C)(=O)N[C@@H](C)C(=O)OC(C)C)[C@@H](O)[C@@]1(C)F. The monoisotopic (exact) mass is 465 g/mol. The maximum Gasteiger partial charge on any atom is 0.323 e. The first-order valence-electron chi connectivity index (χ1n) is 9.44. The smallest absolute Gasteiger partial charge is 0.323 e. The molecule has 0 aromatic carbocycles. The number of hydrogen-bond acceptors (Lipinski definition) is 8. The standard InChI is InChI=1S/C18H29FN3O7P.CH4/c1-10(2)28-16(25)11(3)21-30(6,26)27-9-13-15(24)18(5,19)17(29-13)22-8-7-14(23)20-12(22)4;/h7-8,10-11,13,15,17,24H,4,9H2,1-3,5-6H3,(H,20,23)(H,21,26);1H4/t11-,13+,15+,17+,18+,30+;/m0./s1. The summed E-state index contributed by atoms with van der Waals surface area (Å²) in [4.78, 5) is 24.5. The maximum atomic E-state index is 15.2. The molecule has 0 bridgehead atoms. The number of carbonyl (C=O) groups excluding carboxylic acids is 2. The molecular formula is C19H33FN3O7P. The molecule has 178 valence electrons. The zero-order valence-corrected chi connectivity index (χ0v) is 18.5. The third-order valence-electron chi connectivity index (χ3n) is 4.55. The summed E-state index contributed by atoms with van der Waals surface area (Å²) in [5.74, 6) is -0.925. The lowest BCUT2D eigenvalue weighted by atomic mass is 9.98. The quantitative estimate of drug-likeness (QED) is 0.362. The van der Waals surface area contributed by atoms with Crippen molar-refractivity contribution < 1.29 is 37.6 Å². The summed E-state index contributed by atoms with van der Waals surface area (Å²) in [6.07, 6.45) is -1.92. The lowest BCUT2D eigenvalue weighted by Crippen LogP contribution is -2.51. The summed E-state index contributed by atoms with van der Waals surface area (Å²) < 4.78 is 43.9. The highest BCUT2D eigenvalue weighted by molar-refractivity contribution is 7.56. The molecule has 0 saturated carbocycles. The van der Waals surface area contributed by atoms with Crippen molar-refractivity contribution in [3.8, 4) is 0 Å². The lowest BCUT2D eigenvalue weighted by molar-refractivity contribution is -0.149. The van der Waals surface area contributed by atoms with Crippen LogP contribution < -0.4 is 10.4 Å². The zero-order chi connectivity index (χ0) is 22.9. The van der Waals surface area contributed by atoms with Gasteiger partial charge in [-0.2, -0.15) is 0 Å². The number of esters is 1. The second-order valence-electron chi connectivity index (χ2n) is 7.76. The largest absolute Gasteiger partial charge is 0.462 e. The molecule has 3 N–H and O–H groups in total. The number of ether oxygens (including phenoxy) is 2. The van der Waals surface area contributed by atoms with E-state index in [1.807, 2.05) is 0 Å². The first kappa shape index (κ1) is 27.3. The van der Waals surface area contributed by atoms with Crippen LogP contribution in [0.5, 0.6) is 0 Å². The first-order valence-corrected chi connectivity index (χ1v) is 11.5. The van der Waals surface area contributed by atoms with Gasteiger partial charge < -0.3 is 29.3 Å². The van der Waals surface area contributed by atoms with E-state index in [2.05, 4.69) is 17.0 Å². The topological polar surface area (TPSA) is 126 Å². The Labute approximate surface area is 182 Å². The summed E-state index contributed by atoms with van der Waals surface area (Å²) in [5.41, 5.74) is -2.25.